The number of nitrogens with zero attached hydrogens (tertiary/aromatic N) is 1. The van der Waals surface area contributed by atoms with Gasteiger partial charge in [-0.25, -0.2) is 4.98 Å². The van der Waals surface area contributed by atoms with E-state index in [1.54, 1.807) is 12.5 Å². The summed E-state index contributed by atoms with van der Waals surface area (Å²) in [5.41, 5.74) is 5.65. The molecule has 1 aliphatic rings. The van der Waals surface area contributed by atoms with Gasteiger partial charge in [-0.15, -0.1) is 0 Å². The number of carbonyl (C=O) groups excluding carboxylic acids is 1. The lowest BCUT2D eigenvalue weighted by Gasteiger charge is -2.10. The van der Waals surface area contributed by atoms with Crippen molar-refractivity contribution in [1.29, 1.82) is 0 Å². The molecule has 5 nitrogen and oxygen atoms in total. The van der Waals surface area contributed by atoms with E-state index in [4.69, 9.17) is 0 Å². The van der Waals surface area contributed by atoms with Crippen molar-refractivity contribution < 1.29 is 4.79 Å². The Labute approximate surface area is 134 Å². The molecule has 3 aromatic rings. The third-order valence-electron chi connectivity index (χ3n) is 4.60. The van der Waals surface area contributed by atoms with E-state index in [9.17, 15) is 4.79 Å². The largest absolute Gasteiger partial charge is 0.358 e. The van der Waals surface area contributed by atoms with Gasteiger partial charge in [-0.3, -0.25) is 4.79 Å². The van der Waals surface area contributed by atoms with Gasteiger partial charge in [0.2, 0.25) is 0 Å². The van der Waals surface area contributed by atoms with E-state index < -0.39 is 0 Å². The van der Waals surface area contributed by atoms with Gasteiger partial charge in [0.25, 0.3) is 5.91 Å². The Morgan fingerprint density at radius 3 is 3.04 bits per heavy atom. The maximum atomic E-state index is 12.4. The zero-order chi connectivity index (χ0) is 15.6. The van der Waals surface area contributed by atoms with Gasteiger partial charge in [-0.1, -0.05) is 0 Å². The molecule has 0 bridgehead atoms. The fourth-order valence-corrected chi connectivity index (χ4v) is 3.38. The highest BCUT2D eigenvalue weighted by molar-refractivity contribution is 5.99. The van der Waals surface area contributed by atoms with Crippen LogP contribution < -0.4 is 5.32 Å². The highest BCUT2D eigenvalue weighted by atomic mass is 16.1. The highest BCUT2D eigenvalue weighted by Crippen LogP contribution is 2.29. The molecule has 2 heterocycles. The average molecular weight is 308 g/mol. The van der Waals surface area contributed by atoms with E-state index >= 15 is 0 Å². The minimum Gasteiger partial charge on any atom is -0.358 e. The number of aromatic amines is 2. The molecular formula is C18H20N4O. The van der Waals surface area contributed by atoms with E-state index in [1.807, 2.05) is 18.2 Å². The number of amides is 1. The van der Waals surface area contributed by atoms with E-state index in [0.717, 1.165) is 36.0 Å². The van der Waals surface area contributed by atoms with E-state index in [-0.39, 0.29) is 5.91 Å². The number of fused-ring (bicyclic) bond motifs is 3. The molecule has 23 heavy (non-hydrogen) atoms. The van der Waals surface area contributed by atoms with Gasteiger partial charge in [-0.2, -0.15) is 0 Å². The number of aryl methyl sites for hydroxylation is 2. The average Bonchev–Trinajstić information content (AvgIpc) is 3.21. The second kappa shape index (κ2) is 5.91. The number of hydrogen-bond donors (Lipinski definition) is 3. The zero-order valence-corrected chi connectivity index (χ0v) is 13.0. The molecule has 1 aliphatic carbocycles. The third kappa shape index (κ3) is 2.74. The van der Waals surface area contributed by atoms with Crippen LogP contribution in [0.25, 0.3) is 10.9 Å². The molecule has 0 fully saturated rings. The summed E-state index contributed by atoms with van der Waals surface area (Å²) in [5.74, 6) is -0.0165. The van der Waals surface area contributed by atoms with Gasteiger partial charge in [0, 0.05) is 47.0 Å². The Morgan fingerprint density at radius 1 is 1.26 bits per heavy atom. The predicted molar refractivity (Wildman–Crippen MR) is 89.6 cm³/mol. The first kappa shape index (κ1) is 14.1. The number of nitrogens with one attached hydrogen (secondary N) is 3. The third-order valence-corrected chi connectivity index (χ3v) is 4.60. The smallest absolute Gasteiger partial charge is 0.251 e. The summed E-state index contributed by atoms with van der Waals surface area (Å²) in [6, 6.07) is 5.95. The molecule has 118 valence electrons. The van der Waals surface area contributed by atoms with Crippen LogP contribution in [0.1, 0.15) is 40.2 Å². The van der Waals surface area contributed by atoms with Crippen LogP contribution in [0.3, 0.4) is 0 Å². The lowest BCUT2D eigenvalue weighted by atomic mass is 9.95. The fraction of sp³-hybridized carbons (Fsp3) is 0.333. The summed E-state index contributed by atoms with van der Waals surface area (Å²) in [4.78, 5) is 22.9. The molecule has 2 aromatic heterocycles. The summed E-state index contributed by atoms with van der Waals surface area (Å²) in [6.45, 7) is 0.601. The van der Waals surface area contributed by atoms with E-state index in [1.165, 1.54) is 29.5 Å². The summed E-state index contributed by atoms with van der Waals surface area (Å²) in [6.07, 6.45) is 8.91. The molecule has 0 saturated carbocycles. The number of benzene rings is 1. The van der Waals surface area contributed by atoms with Crippen molar-refractivity contribution >= 4 is 16.8 Å². The van der Waals surface area contributed by atoms with Crippen molar-refractivity contribution in [2.24, 2.45) is 0 Å². The Morgan fingerprint density at radius 2 is 2.17 bits per heavy atom. The van der Waals surface area contributed by atoms with E-state index in [2.05, 4.69) is 20.3 Å². The van der Waals surface area contributed by atoms with Gasteiger partial charge >= 0.3 is 0 Å². The molecule has 4 rings (SSSR count). The monoisotopic (exact) mass is 308 g/mol. The fourth-order valence-electron chi connectivity index (χ4n) is 3.38. The van der Waals surface area contributed by atoms with Crippen LogP contribution in [0.5, 0.6) is 0 Å². The molecule has 0 radical (unpaired) electrons. The first-order valence-electron chi connectivity index (χ1n) is 8.20. The summed E-state index contributed by atoms with van der Waals surface area (Å²) in [7, 11) is 0. The number of imidazole rings is 1. The van der Waals surface area contributed by atoms with Gasteiger partial charge < -0.3 is 15.3 Å². The highest BCUT2D eigenvalue weighted by Gasteiger charge is 2.16. The second-order valence-corrected chi connectivity index (χ2v) is 6.13. The van der Waals surface area contributed by atoms with Crippen LogP contribution in [0, 0.1) is 0 Å². The van der Waals surface area contributed by atoms with Crippen LogP contribution in [0.2, 0.25) is 0 Å². The number of rotatable bonds is 4. The molecule has 5 heteroatoms. The molecule has 0 unspecified atom stereocenters. The van der Waals surface area contributed by atoms with Crippen LogP contribution in [0.4, 0.5) is 0 Å². The second-order valence-electron chi connectivity index (χ2n) is 6.13. The summed E-state index contributed by atoms with van der Waals surface area (Å²) < 4.78 is 0. The molecule has 0 spiro atoms. The maximum absolute atomic E-state index is 12.4. The van der Waals surface area contributed by atoms with Crippen molar-refractivity contribution in [1.82, 2.24) is 20.3 Å². The topological polar surface area (TPSA) is 73.6 Å². The summed E-state index contributed by atoms with van der Waals surface area (Å²) in [5, 5.41) is 4.19. The van der Waals surface area contributed by atoms with Crippen molar-refractivity contribution in [3.05, 3.63) is 53.2 Å². The Bertz CT molecular complexity index is 832. The van der Waals surface area contributed by atoms with Crippen molar-refractivity contribution in [3.8, 4) is 0 Å². The van der Waals surface area contributed by atoms with Gasteiger partial charge in [0.1, 0.15) is 0 Å². The minimum absolute atomic E-state index is 0.0165. The van der Waals surface area contributed by atoms with Gasteiger partial charge in [-0.05, 0) is 49.4 Å². The number of carbonyl (C=O) groups is 1. The zero-order valence-electron chi connectivity index (χ0n) is 13.0. The standard InChI is InChI=1S/C18H20N4O/c23-18(20-8-7-13-10-19-11-21-13)12-5-6-17-15(9-12)14-3-1-2-4-16(14)22-17/h5-6,9-11,22H,1-4,7-8H2,(H,19,21)(H,20,23). The predicted octanol–water partition coefficient (Wildman–Crippen LogP) is 2.74. The van der Waals surface area contributed by atoms with Crippen LogP contribution in [0.15, 0.2) is 30.7 Å². The quantitative estimate of drug-likeness (QED) is 0.693. The first-order chi connectivity index (χ1) is 11.3. The van der Waals surface area contributed by atoms with Gasteiger partial charge in [0.05, 0.1) is 6.33 Å². The Hall–Kier alpha value is -2.56. The SMILES string of the molecule is O=C(NCCc1cnc[nH]1)c1ccc2[nH]c3c(c2c1)CCCC3. The van der Waals surface area contributed by atoms with E-state index in [0.29, 0.717) is 6.54 Å². The molecule has 0 aliphatic heterocycles. The lowest BCUT2D eigenvalue weighted by molar-refractivity contribution is 0.0954. The Balaban J connectivity index is 1.50. The molecule has 1 amide bonds. The lowest BCUT2D eigenvalue weighted by Crippen LogP contribution is -2.25. The first-order valence-corrected chi connectivity index (χ1v) is 8.20. The number of hydrogen-bond acceptors (Lipinski definition) is 2. The Kier molecular flexibility index (Phi) is 3.61. The number of H-pyrrole nitrogens is 2. The molecule has 3 N–H and O–H groups in total. The van der Waals surface area contributed by atoms with Crippen molar-refractivity contribution in [3.63, 3.8) is 0 Å². The van der Waals surface area contributed by atoms with Crippen molar-refractivity contribution in [2.75, 3.05) is 6.54 Å². The van der Waals surface area contributed by atoms with Crippen LogP contribution in [-0.2, 0) is 19.3 Å². The maximum Gasteiger partial charge on any atom is 0.251 e. The normalized spacial score (nSPS) is 13.9. The minimum atomic E-state index is -0.0165. The van der Waals surface area contributed by atoms with Crippen LogP contribution in [-0.4, -0.2) is 27.4 Å². The van der Waals surface area contributed by atoms with Crippen molar-refractivity contribution in [2.45, 2.75) is 32.1 Å². The molecule has 0 atom stereocenters. The molecular weight excluding hydrogens is 288 g/mol. The van der Waals surface area contributed by atoms with Gasteiger partial charge in [0.15, 0.2) is 0 Å². The van der Waals surface area contributed by atoms with Crippen LogP contribution >= 0.6 is 0 Å². The molecule has 0 saturated heterocycles. The number of aromatic nitrogens is 3. The summed E-state index contributed by atoms with van der Waals surface area (Å²) >= 11 is 0. The molecule has 1 aromatic carbocycles.